The molecule has 15 nitrogen and oxygen atoms in total. The normalized spacial score (nSPS) is 10.3. The van der Waals surface area contributed by atoms with E-state index in [1.165, 1.54) is 24.3 Å². The second kappa shape index (κ2) is 11.9. The smallest absolute Gasteiger partial charge is 0.349 e. The van der Waals surface area contributed by atoms with Crippen LogP contribution in [0.15, 0.2) is 53.1 Å². The second-order valence-electron chi connectivity index (χ2n) is 6.96. The Morgan fingerprint density at radius 2 is 1.43 bits per heavy atom. The maximum Gasteiger partial charge on any atom is 0.349 e. The van der Waals surface area contributed by atoms with E-state index in [2.05, 4.69) is 10.5 Å². The number of nitro groups is 2. The van der Waals surface area contributed by atoms with Gasteiger partial charge in [-0.15, -0.1) is 0 Å². The molecule has 0 aliphatic rings. The zero-order valence-corrected chi connectivity index (χ0v) is 19.1. The summed E-state index contributed by atoms with van der Waals surface area (Å²) in [5.41, 5.74) is -0.617. The van der Waals surface area contributed by atoms with Gasteiger partial charge in [0.2, 0.25) is 5.88 Å². The van der Waals surface area contributed by atoms with Crippen molar-refractivity contribution in [3.63, 3.8) is 0 Å². The molecule has 0 fully saturated rings. The zero-order chi connectivity index (χ0) is 26.9. The molecule has 15 heteroatoms. The molecule has 0 spiro atoms. The van der Waals surface area contributed by atoms with Gasteiger partial charge in [-0.25, -0.2) is 9.59 Å². The van der Waals surface area contributed by atoms with Crippen molar-refractivity contribution in [1.29, 1.82) is 0 Å². The van der Waals surface area contributed by atoms with E-state index in [-0.39, 0.29) is 59.6 Å². The quantitative estimate of drug-likeness (QED) is 0.170. The summed E-state index contributed by atoms with van der Waals surface area (Å²) in [6, 6.07) is 9.47. The van der Waals surface area contributed by atoms with E-state index in [1.807, 2.05) is 0 Å². The van der Waals surface area contributed by atoms with Gasteiger partial charge >= 0.3 is 11.9 Å². The molecule has 1 heterocycles. The third kappa shape index (κ3) is 6.62. The molecule has 0 unspecified atom stereocenters. The first-order valence-electron chi connectivity index (χ1n) is 10.5. The lowest BCUT2D eigenvalue weighted by atomic mass is 10.2. The van der Waals surface area contributed by atoms with Crippen LogP contribution in [0.3, 0.4) is 0 Å². The van der Waals surface area contributed by atoms with Crippen molar-refractivity contribution in [2.45, 2.75) is 6.92 Å². The lowest BCUT2D eigenvalue weighted by molar-refractivity contribution is -0.385. The molecule has 0 saturated heterocycles. The second-order valence-corrected chi connectivity index (χ2v) is 6.96. The standard InChI is InChI=1S/C22H18N4O11/c1-2-34-22(29)17-19(23-18(27)13-3-7-15(8-4-13)25(30)31)37-24-20(17)35-11-12-36-21(28)14-5-9-16(10-6-14)26(32)33/h3-10H,2,11-12H2,1H3,(H,23,27). The van der Waals surface area contributed by atoms with E-state index in [0.717, 1.165) is 24.3 Å². The molecule has 2 aromatic carbocycles. The topological polar surface area (TPSA) is 203 Å². The number of esters is 2. The molecule has 1 aromatic heterocycles. The molecule has 0 aliphatic carbocycles. The van der Waals surface area contributed by atoms with Crippen molar-refractivity contribution >= 4 is 35.1 Å². The third-order valence-electron chi connectivity index (χ3n) is 4.58. The number of benzene rings is 2. The monoisotopic (exact) mass is 514 g/mol. The highest BCUT2D eigenvalue weighted by Crippen LogP contribution is 2.28. The summed E-state index contributed by atoms with van der Waals surface area (Å²) in [6.45, 7) is 0.994. The van der Waals surface area contributed by atoms with Crippen molar-refractivity contribution in [3.05, 3.63) is 85.4 Å². The molecule has 1 amide bonds. The van der Waals surface area contributed by atoms with Crippen LogP contribution in [0.1, 0.15) is 38.0 Å². The number of hydrogen-bond acceptors (Lipinski definition) is 12. The molecular weight excluding hydrogens is 496 g/mol. The zero-order valence-electron chi connectivity index (χ0n) is 19.1. The predicted molar refractivity (Wildman–Crippen MR) is 122 cm³/mol. The molecule has 37 heavy (non-hydrogen) atoms. The van der Waals surface area contributed by atoms with Crippen LogP contribution < -0.4 is 10.1 Å². The van der Waals surface area contributed by atoms with Crippen molar-refractivity contribution in [2.75, 3.05) is 25.1 Å². The lowest BCUT2D eigenvalue weighted by Crippen LogP contribution is -2.16. The molecule has 1 N–H and O–H groups in total. The average Bonchev–Trinajstić information content (AvgIpc) is 3.28. The number of amides is 1. The van der Waals surface area contributed by atoms with Gasteiger partial charge in [0, 0.05) is 29.8 Å². The summed E-state index contributed by atoms with van der Waals surface area (Å²) < 4.78 is 20.3. The van der Waals surface area contributed by atoms with Crippen molar-refractivity contribution in [2.24, 2.45) is 0 Å². The summed E-state index contributed by atoms with van der Waals surface area (Å²) in [5, 5.41) is 27.4. The largest absolute Gasteiger partial charge is 0.471 e. The Bertz CT molecular complexity index is 1320. The van der Waals surface area contributed by atoms with Crippen LogP contribution in [0.5, 0.6) is 5.88 Å². The molecule has 0 bridgehead atoms. The SMILES string of the molecule is CCOC(=O)c1c(OCCOC(=O)c2ccc([N+](=O)[O-])cc2)noc1NC(=O)c1ccc([N+](=O)[O-])cc1. The molecule has 0 radical (unpaired) electrons. The summed E-state index contributed by atoms with van der Waals surface area (Å²) in [7, 11) is 0. The Morgan fingerprint density at radius 3 is 1.97 bits per heavy atom. The summed E-state index contributed by atoms with van der Waals surface area (Å²) in [6.07, 6.45) is 0. The number of nitrogens with one attached hydrogen (secondary N) is 1. The van der Waals surface area contributed by atoms with E-state index < -0.39 is 27.7 Å². The van der Waals surface area contributed by atoms with Crippen LogP contribution in [-0.4, -0.2) is 52.7 Å². The van der Waals surface area contributed by atoms with E-state index in [1.54, 1.807) is 6.92 Å². The fourth-order valence-electron chi connectivity index (χ4n) is 2.83. The van der Waals surface area contributed by atoms with E-state index in [4.69, 9.17) is 18.7 Å². The number of rotatable bonds is 11. The minimum absolute atomic E-state index is 0.00789. The molecule has 3 rings (SSSR count). The van der Waals surface area contributed by atoms with Gasteiger partial charge in [-0.2, -0.15) is 0 Å². The summed E-state index contributed by atoms with van der Waals surface area (Å²) >= 11 is 0. The highest BCUT2D eigenvalue weighted by atomic mass is 16.6. The fourth-order valence-corrected chi connectivity index (χ4v) is 2.83. The van der Waals surface area contributed by atoms with E-state index in [0.29, 0.717) is 0 Å². The highest BCUT2D eigenvalue weighted by Gasteiger charge is 2.28. The number of carbonyl (C=O) groups excluding carboxylic acids is 3. The molecular formula is C22H18N4O11. The Kier molecular flexibility index (Phi) is 8.43. The van der Waals surface area contributed by atoms with Gasteiger partial charge in [0.25, 0.3) is 23.2 Å². The number of nitro benzene ring substituents is 2. The molecule has 0 saturated carbocycles. The Morgan fingerprint density at radius 1 is 0.865 bits per heavy atom. The van der Waals surface area contributed by atoms with Crippen LogP contribution in [0.4, 0.5) is 17.3 Å². The Labute approximate surface area is 207 Å². The predicted octanol–water partition coefficient (Wildman–Crippen LogP) is 3.16. The maximum absolute atomic E-state index is 12.5. The van der Waals surface area contributed by atoms with Gasteiger partial charge in [-0.3, -0.25) is 30.3 Å². The number of non-ortho nitro benzene ring substituents is 2. The first kappa shape index (κ1) is 26.3. The Hall–Kier alpha value is -5.34. The van der Waals surface area contributed by atoms with Crippen LogP contribution in [0.25, 0.3) is 0 Å². The van der Waals surface area contributed by atoms with Crippen LogP contribution in [0, 0.1) is 20.2 Å². The van der Waals surface area contributed by atoms with E-state index in [9.17, 15) is 34.6 Å². The van der Waals surface area contributed by atoms with Gasteiger partial charge in [-0.1, -0.05) is 0 Å². The molecule has 0 aliphatic heterocycles. The van der Waals surface area contributed by atoms with Crippen LogP contribution in [-0.2, 0) is 9.47 Å². The first-order valence-corrected chi connectivity index (χ1v) is 10.5. The number of carbonyl (C=O) groups is 3. The first-order chi connectivity index (χ1) is 17.7. The highest BCUT2D eigenvalue weighted by molar-refractivity contribution is 6.07. The number of ether oxygens (including phenoxy) is 3. The average molecular weight is 514 g/mol. The lowest BCUT2D eigenvalue weighted by Gasteiger charge is -2.07. The van der Waals surface area contributed by atoms with Gasteiger partial charge in [-0.05, 0) is 36.3 Å². The molecule has 0 atom stereocenters. The van der Waals surface area contributed by atoms with Crippen molar-refractivity contribution in [1.82, 2.24) is 5.16 Å². The van der Waals surface area contributed by atoms with Crippen molar-refractivity contribution < 1.29 is 43.0 Å². The Balaban J connectivity index is 1.64. The summed E-state index contributed by atoms with van der Waals surface area (Å²) in [4.78, 5) is 57.2. The van der Waals surface area contributed by atoms with Gasteiger partial charge in [0.15, 0.2) is 5.56 Å². The number of nitrogens with zero attached hydrogens (tertiary/aromatic N) is 3. The van der Waals surface area contributed by atoms with Crippen LogP contribution >= 0.6 is 0 Å². The number of aromatic nitrogens is 1. The number of anilines is 1. The number of hydrogen-bond donors (Lipinski definition) is 1. The van der Waals surface area contributed by atoms with Crippen LogP contribution in [0.2, 0.25) is 0 Å². The maximum atomic E-state index is 12.5. The van der Waals surface area contributed by atoms with Gasteiger partial charge in [0.05, 0.1) is 22.0 Å². The van der Waals surface area contributed by atoms with Crippen molar-refractivity contribution in [3.8, 4) is 5.88 Å². The minimum atomic E-state index is -0.916. The minimum Gasteiger partial charge on any atom is -0.471 e. The molecule has 192 valence electrons. The third-order valence-corrected chi connectivity index (χ3v) is 4.58. The summed E-state index contributed by atoms with van der Waals surface area (Å²) in [5.74, 6) is -3.16. The van der Waals surface area contributed by atoms with Gasteiger partial charge < -0.3 is 18.7 Å². The molecule has 3 aromatic rings. The van der Waals surface area contributed by atoms with Gasteiger partial charge in [0.1, 0.15) is 13.2 Å². The van der Waals surface area contributed by atoms with E-state index >= 15 is 0 Å². The fraction of sp³-hybridized carbons (Fsp3) is 0.182.